The lowest BCUT2D eigenvalue weighted by Crippen LogP contribution is -2.44. The lowest BCUT2D eigenvalue weighted by molar-refractivity contribution is -0.109. The molecule has 2 fully saturated rings. The van der Waals surface area contributed by atoms with Crippen molar-refractivity contribution in [3.63, 3.8) is 0 Å². The van der Waals surface area contributed by atoms with E-state index in [4.69, 9.17) is 4.74 Å². The van der Waals surface area contributed by atoms with Crippen LogP contribution in [0, 0.1) is 23.7 Å². The quantitative estimate of drug-likeness (QED) is 0.595. The summed E-state index contributed by atoms with van der Waals surface area (Å²) < 4.78 is 6.63. The predicted octanol–water partition coefficient (Wildman–Crippen LogP) is 5.29. The van der Waals surface area contributed by atoms with E-state index in [1.54, 1.807) is 5.57 Å². The minimum atomic E-state index is 0.312. The molecule has 0 radical (unpaired) electrons. The lowest BCUT2D eigenvalue weighted by Gasteiger charge is -2.43. The van der Waals surface area contributed by atoms with E-state index in [2.05, 4.69) is 46.4 Å². The highest BCUT2D eigenvalue weighted by Gasteiger charge is 2.46. The van der Waals surface area contributed by atoms with Crippen molar-refractivity contribution in [2.75, 3.05) is 0 Å². The summed E-state index contributed by atoms with van der Waals surface area (Å²) >= 11 is 0. The van der Waals surface area contributed by atoms with Gasteiger partial charge in [0.1, 0.15) is 0 Å². The monoisotopic (exact) mass is 286 g/mol. The number of ether oxygens (including phenoxy) is 1. The number of rotatable bonds is 1. The lowest BCUT2D eigenvalue weighted by atomic mass is 9.74. The summed E-state index contributed by atoms with van der Waals surface area (Å²) in [5.41, 5.74) is 4.39. The molecule has 1 saturated heterocycles. The highest BCUT2D eigenvalue weighted by molar-refractivity contribution is 5.25. The van der Waals surface area contributed by atoms with Gasteiger partial charge in [0, 0.05) is 5.92 Å². The Morgan fingerprint density at radius 3 is 2.86 bits per heavy atom. The first-order valence-electron chi connectivity index (χ1n) is 8.62. The van der Waals surface area contributed by atoms with E-state index in [0.29, 0.717) is 30.0 Å². The number of allylic oxidation sites excluding steroid dienone is 3. The van der Waals surface area contributed by atoms with Crippen molar-refractivity contribution in [1.29, 1.82) is 0 Å². The van der Waals surface area contributed by atoms with Crippen LogP contribution in [0.25, 0.3) is 0 Å². The third kappa shape index (κ3) is 2.77. The number of hydrogen-bond donors (Lipinski definition) is 0. The van der Waals surface area contributed by atoms with Gasteiger partial charge in [0.05, 0.1) is 12.2 Å². The molecule has 0 aromatic heterocycles. The summed E-state index contributed by atoms with van der Waals surface area (Å²) in [6, 6.07) is 0. The van der Waals surface area contributed by atoms with Crippen LogP contribution in [0.15, 0.2) is 35.5 Å². The summed E-state index contributed by atoms with van der Waals surface area (Å²) in [4.78, 5) is 0. The Hall–Kier alpha value is -0.820. The topological polar surface area (TPSA) is 9.23 Å². The van der Waals surface area contributed by atoms with E-state index in [9.17, 15) is 0 Å². The molecule has 0 N–H and O–H groups in total. The van der Waals surface area contributed by atoms with Gasteiger partial charge in [-0.1, -0.05) is 42.4 Å². The maximum Gasteiger partial charge on any atom is 0.0765 e. The molecule has 0 aromatic rings. The summed E-state index contributed by atoms with van der Waals surface area (Å²) in [7, 11) is 0. The number of fused-ring (bicyclic) bond motifs is 3. The molecule has 116 valence electrons. The largest absolute Gasteiger partial charge is 0.370 e. The number of hydrogen-bond acceptors (Lipinski definition) is 1. The Morgan fingerprint density at radius 2 is 2.14 bits per heavy atom. The van der Waals surface area contributed by atoms with Gasteiger partial charge in [-0.15, -0.1) is 0 Å². The third-order valence-electron chi connectivity index (χ3n) is 5.94. The van der Waals surface area contributed by atoms with Crippen LogP contribution in [0.2, 0.25) is 0 Å². The average molecular weight is 286 g/mol. The van der Waals surface area contributed by atoms with Crippen LogP contribution < -0.4 is 0 Å². The molecule has 0 spiro atoms. The van der Waals surface area contributed by atoms with E-state index < -0.39 is 0 Å². The molecule has 1 aliphatic heterocycles. The van der Waals surface area contributed by atoms with Crippen molar-refractivity contribution in [2.45, 2.75) is 65.6 Å². The average Bonchev–Trinajstić information content (AvgIpc) is 2.71. The first-order valence-corrected chi connectivity index (χ1v) is 8.62. The van der Waals surface area contributed by atoms with E-state index in [-0.39, 0.29) is 0 Å². The van der Waals surface area contributed by atoms with E-state index in [1.165, 1.54) is 36.8 Å². The molecule has 2 unspecified atom stereocenters. The maximum absolute atomic E-state index is 6.63. The van der Waals surface area contributed by atoms with Gasteiger partial charge >= 0.3 is 0 Å². The molecule has 2 aliphatic carbocycles. The second-order valence-electron chi connectivity index (χ2n) is 7.77. The molecule has 3 aliphatic rings. The van der Waals surface area contributed by atoms with Gasteiger partial charge in [0.25, 0.3) is 0 Å². The molecule has 0 aromatic carbocycles. The van der Waals surface area contributed by atoms with Crippen molar-refractivity contribution >= 4 is 0 Å². The molecular formula is C20H30O. The molecule has 21 heavy (non-hydrogen) atoms. The molecule has 6 atom stereocenters. The molecule has 3 rings (SSSR count). The summed E-state index contributed by atoms with van der Waals surface area (Å²) in [5, 5.41) is 0. The predicted molar refractivity (Wildman–Crippen MR) is 89.1 cm³/mol. The summed E-state index contributed by atoms with van der Waals surface area (Å²) in [6.07, 6.45) is 10.3. The Morgan fingerprint density at radius 1 is 1.38 bits per heavy atom. The fourth-order valence-electron chi connectivity index (χ4n) is 4.86. The van der Waals surface area contributed by atoms with Crippen LogP contribution in [0.5, 0.6) is 0 Å². The van der Waals surface area contributed by atoms with E-state index >= 15 is 0 Å². The van der Waals surface area contributed by atoms with Crippen molar-refractivity contribution in [3.8, 4) is 0 Å². The van der Waals surface area contributed by atoms with Crippen LogP contribution in [0.4, 0.5) is 0 Å². The van der Waals surface area contributed by atoms with E-state index in [0.717, 1.165) is 5.92 Å². The highest BCUT2D eigenvalue weighted by atomic mass is 16.5. The van der Waals surface area contributed by atoms with E-state index in [1.807, 2.05) is 0 Å². The molecular weight excluding hydrogens is 256 g/mol. The molecule has 0 bridgehead atoms. The van der Waals surface area contributed by atoms with Gasteiger partial charge in [-0.3, -0.25) is 0 Å². The Kier molecular flexibility index (Phi) is 4.14. The van der Waals surface area contributed by atoms with Crippen molar-refractivity contribution in [2.24, 2.45) is 23.7 Å². The Balaban J connectivity index is 1.91. The zero-order chi connectivity index (χ0) is 15.1. The fraction of sp³-hybridized carbons (Fsp3) is 0.700. The second kappa shape index (κ2) is 5.76. The van der Waals surface area contributed by atoms with Crippen molar-refractivity contribution in [1.82, 2.24) is 0 Å². The van der Waals surface area contributed by atoms with Gasteiger partial charge in [0.15, 0.2) is 0 Å². The minimum absolute atomic E-state index is 0.312. The van der Waals surface area contributed by atoms with Crippen LogP contribution in [-0.4, -0.2) is 12.2 Å². The van der Waals surface area contributed by atoms with Gasteiger partial charge in [-0.2, -0.15) is 0 Å². The third-order valence-corrected chi connectivity index (χ3v) is 5.94. The Bertz CT molecular complexity index is 480. The van der Waals surface area contributed by atoms with Gasteiger partial charge in [-0.25, -0.2) is 0 Å². The first kappa shape index (κ1) is 15.1. The maximum atomic E-state index is 6.63. The first-order chi connectivity index (χ1) is 9.97. The summed E-state index contributed by atoms with van der Waals surface area (Å²) in [6.45, 7) is 13.5. The Labute approximate surface area is 130 Å². The molecule has 0 amide bonds. The van der Waals surface area contributed by atoms with Crippen molar-refractivity contribution < 1.29 is 4.74 Å². The van der Waals surface area contributed by atoms with Gasteiger partial charge < -0.3 is 4.74 Å². The summed E-state index contributed by atoms with van der Waals surface area (Å²) in [5.74, 6) is 2.68. The second-order valence-corrected chi connectivity index (χ2v) is 7.77. The molecule has 1 nitrogen and oxygen atoms in total. The smallest absolute Gasteiger partial charge is 0.0765 e. The fourth-order valence-corrected chi connectivity index (χ4v) is 4.86. The highest BCUT2D eigenvalue weighted by Crippen LogP contribution is 2.50. The van der Waals surface area contributed by atoms with Crippen LogP contribution >= 0.6 is 0 Å². The van der Waals surface area contributed by atoms with Crippen LogP contribution in [0.1, 0.15) is 53.4 Å². The minimum Gasteiger partial charge on any atom is -0.370 e. The normalized spacial score (nSPS) is 42.7. The molecule has 1 heteroatoms. The van der Waals surface area contributed by atoms with Crippen LogP contribution in [-0.2, 0) is 4.74 Å². The van der Waals surface area contributed by atoms with Crippen molar-refractivity contribution in [3.05, 3.63) is 35.5 Å². The van der Waals surface area contributed by atoms with Gasteiger partial charge in [0.2, 0.25) is 0 Å². The van der Waals surface area contributed by atoms with Crippen LogP contribution in [0.3, 0.4) is 0 Å². The standard InChI is InChI=1S/C20H30O/c1-12(2)10-16-11-15(5)18-9-6-13(3)17-8-7-14(4)19(17)20(18)21-16/h7,10,15-20H,3,6,8-9,11H2,1-2,4-5H3/t15?,16-,17-,18?,19+,20+/m0/s1. The van der Waals surface area contributed by atoms with Gasteiger partial charge in [-0.05, 0) is 64.2 Å². The zero-order valence-corrected chi connectivity index (χ0v) is 14.1. The molecule has 1 saturated carbocycles. The molecule has 1 heterocycles. The zero-order valence-electron chi connectivity index (χ0n) is 14.1. The SMILES string of the molecule is C=C1CCC2C(C)C[C@H](C=C(C)C)O[C@H]2[C@@H]2C(C)=CC[C@@H]12.